The van der Waals surface area contributed by atoms with Gasteiger partial charge in [0.1, 0.15) is 34.7 Å². The average Bonchev–Trinajstić information content (AvgIpc) is 1.60. The predicted molar refractivity (Wildman–Crippen MR) is 571 cm³/mol. The van der Waals surface area contributed by atoms with Crippen LogP contribution < -0.4 is 0 Å². The van der Waals surface area contributed by atoms with E-state index in [1.807, 2.05) is 283 Å². The Labute approximate surface area is 851 Å². The van der Waals surface area contributed by atoms with Crippen LogP contribution in [0.3, 0.4) is 0 Å². The lowest BCUT2D eigenvalue weighted by atomic mass is 9.70. The highest BCUT2D eigenvalue weighted by Crippen LogP contribution is 2.53. The molecule has 4 aliphatic heterocycles. The molecule has 3 saturated carbocycles. The van der Waals surface area contributed by atoms with E-state index in [4.69, 9.17) is 0 Å². The number of hydrogen-bond acceptors (Lipinski definition) is 18. The molecule has 788 valence electrons. The number of nitrogens with zero attached hydrogens (tertiary/aromatic N) is 12. The number of benzene rings is 3. The van der Waals surface area contributed by atoms with Crippen LogP contribution in [-0.2, 0) is 62.4 Å². The Morgan fingerprint density at radius 1 is 0.312 bits per heavy atom. The van der Waals surface area contributed by atoms with Gasteiger partial charge < -0.3 is 53.9 Å². The molecule has 3 aromatic carbocycles. The fraction of sp³-hybridized carbons (Fsp3) is 0.709. The molecule has 24 nitrogen and oxygen atoms in total. The second-order valence-corrected chi connectivity index (χ2v) is 49.0. The summed E-state index contributed by atoms with van der Waals surface area (Å²) >= 11 is 0. The Bertz CT molecular complexity index is 4600. The summed E-state index contributed by atoms with van der Waals surface area (Å²) in [5.74, 6) is 1.94. The van der Waals surface area contributed by atoms with E-state index < -0.39 is 16.2 Å². The SMILES string of the molecule is CCN1CCC[C@H]1CN(C)C(=O)[C@H]1CCCC[C@H]1C(=O)C(C)(C)C.CN(C)CCN(C)C(=O)[C@@H]1C2C=CC(C2)[C@@H]1C(=O)C(C)(C)C.CN(C)CCN(C)C(=O)[C@H]1C2C=CC(C2)[C@H]1C(=O)C(C)(C)C.CN(CC1CCCN1C)C(=O)c1ccccc1CC(=O)C(C)(C)C.CN(CCN1CCCC1)C(=O)c1ccccc1CC(=O)C(C)(C)C.CN(CCN1CCCCC1)C(=O)c1ccccc1CC(=O)C(C)(C)C. The van der Waals surface area contributed by atoms with E-state index >= 15 is 0 Å². The summed E-state index contributed by atoms with van der Waals surface area (Å²) in [5, 5.41) is 0. The maximum Gasteiger partial charge on any atom is 0.253 e. The van der Waals surface area contributed by atoms with Crippen LogP contribution in [0.2, 0.25) is 0 Å². The second kappa shape index (κ2) is 53.7. The van der Waals surface area contributed by atoms with Gasteiger partial charge in [-0.2, -0.15) is 0 Å². The Morgan fingerprint density at radius 2 is 0.638 bits per heavy atom. The van der Waals surface area contributed by atoms with Gasteiger partial charge >= 0.3 is 0 Å². The zero-order chi connectivity index (χ0) is 105. The molecule has 9 aliphatic rings. The van der Waals surface area contributed by atoms with Crippen LogP contribution in [0, 0.1) is 91.7 Å². The van der Waals surface area contributed by atoms with Crippen LogP contribution >= 0.6 is 0 Å². The topological polar surface area (TPSA) is 244 Å². The van der Waals surface area contributed by atoms with E-state index in [9.17, 15) is 57.5 Å². The number of carbonyl (C=O) groups is 12. The minimum atomic E-state index is -0.394. The first-order valence-corrected chi connectivity index (χ1v) is 53.3. The Hall–Kier alpha value is -8.26. The van der Waals surface area contributed by atoms with Crippen molar-refractivity contribution in [3.63, 3.8) is 0 Å². The van der Waals surface area contributed by atoms with Gasteiger partial charge in [-0.05, 0) is 217 Å². The Kier molecular flexibility index (Phi) is 45.6. The number of allylic oxidation sites excluding steroid dienone is 4. The van der Waals surface area contributed by atoms with Gasteiger partial charge in [0.2, 0.25) is 17.7 Å². The van der Waals surface area contributed by atoms with Crippen LogP contribution in [0.5, 0.6) is 0 Å². The van der Waals surface area contributed by atoms with Crippen molar-refractivity contribution >= 4 is 70.1 Å². The molecule has 6 amide bonds. The molecule has 3 aromatic rings. The maximum absolute atomic E-state index is 13.1. The van der Waals surface area contributed by atoms with Crippen molar-refractivity contribution in [3.8, 4) is 0 Å². The molecule has 0 spiro atoms. The fourth-order valence-corrected chi connectivity index (χ4v) is 21.1. The van der Waals surface area contributed by atoms with E-state index in [1.54, 1.807) is 14.7 Å². The van der Waals surface area contributed by atoms with Crippen molar-refractivity contribution in [2.24, 2.45) is 91.7 Å². The first-order valence-electron chi connectivity index (χ1n) is 53.3. The van der Waals surface area contributed by atoms with Gasteiger partial charge in [-0.3, -0.25) is 62.4 Å². The molecule has 7 fully saturated rings. The number of likely N-dealkylation sites (N-methyl/N-ethyl adjacent to an activating group) is 10. The van der Waals surface area contributed by atoms with Gasteiger partial charge in [0.25, 0.3) is 17.7 Å². The molecule has 4 heterocycles. The summed E-state index contributed by atoms with van der Waals surface area (Å²) in [4.78, 5) is 178. The van der Waals surface area contributed by atoms with Crippen LogP contribution in [-0.4, -0.2) is 330 Å². The number of ketones is 6. The normalized spacial score (nSPS) is 22.9. The van der Waals surface area contributed by atoms with Crippen molar-refractivity contribution in [2.45, 2.75) is 259 Å². The third kappa shape index (κ3) is 35.3. The summed E-state index contributed by atoms with van der Waals surface area (Å²) in [6.45, 7) is 53.0. The van der Waals surface area contributed by atoms with Crippen molar-refractivity contribution in [1.82, 2.24) is 58.8 Å². The van der Waals surface area contributed by atoms with Gasteiger partial charge in [0.15, 0.2) is 0 Å². The maximum atomic E-state index is 13.1. The van der Waals surface area contributed by atoms with Gasteiger partial charge in [-0.25, -0.2) is 0 Å². The number of Topliss-reactive ketones (excluding diaryl/α,β-unsaturated/α-hetero) is 6. The van der Waals surface area contributed by atoms with E-state index in [2.05, 4.69) is 67.7 Å². The third-order valence-electron chi connectivity index (χ3n) is 30.7. The zero-order valence-corrected chi connectivity index (χ0v) is 93.2. The molecular formula is C117H188N12O12. The molecule has 12 atom stereocenters. The highest BCUT2D eigenvalue weighted by Gasteiger charge is 2.56. The highest BCUT2D eigenvalue weighted by atomic mass is 16.2. The smallest absolute Gasteiger partial charge is 0.253 e. The van der Waals surface area contributed by atoms with Crippen LogP contribution in [0.1, 0.15) is 276 Å². The molecule has 5 unspecified atom stereocenters. The van der Waals surface area contributed by atoms with Crippen LogP contribution in [0.15, 0.2) is 97.1 Å². The quantitative estimate of drug-likeness (QED) is 0.0527. The van der Waals surface area contributed by atoms with Crippen LogP contribution in [0.25, 0.3) is 0 Å². The molecule has 0 aromatic heterocycles. The first-order chi connectivity index (χ1) is 65.8. The number of piperidine rings is 1. The molecule has 12 rings (SSSR count). The van der Waals surface area contributed by atoms with Gasteiger partial charge in [-0.15, -0.1) is 0 Å². The molecule has 4 bridgehead atoms. The van der Waals surface area contributed by atoms with Crippen molar-refractivity contribution in [2.75, 3.05) is 189 Å². The lowest BCUT2D eigenvalue weighted by Gasteiger charge is -2.36. The lowest BCUT2D eigenvalue weighted by Crippen LogP contribution is -2.47. The van der Waals surface area contributed by atoms with E-state index in [0.717, 1.165) is 160 Å². The molecule has 0 radical (unpaired) electrons. The second-order valence-electron chi connectivity index (χ2n) is 49.0. The summed E-state index contributed by atoms with van der Waals surface area (Å²) in [7, 11) is 21.4. The Balaban J connectivity index is 0.000000230. The molecule has 141 heavy (non-hydrogen) atoms. The van der Waals surface area contributed by atoms with Crippen LogP contribution in [0.4, 0.5) is 0 Å². The zero-order valence-electron chi connectivity index (χ0n) is 93.2. The van der Waals surface area contributed by atoms with Gasteiger partial charge in [0.05, 0.1) is 11.8 Å². The monoisotopic (exact) mass is 1950 g/mol. The van der Waals surface area contributed by atoms with Gasteiger partial charge in [0, 0.05) is 212 Å². The number of amides is 6. The fourth-order valence-electron chi connectivity index (χ4n) is 21.1. The summed E-state index contributed by atoms with van der Waals surface area (Å²) in [6.07, 6.45) is 26.5. The van der Waals surface area contributed by atoms with Crippen molar-refractivity contribution < 1.29 is 57.5 Å². The molecule has 5 aliphatic carbocycles. The third-order valence-corrected chi connectivity index (χ3v) is 30.7. The summed E-state index contributed by atoms with van der Waals surface area (Å²) in [6, 6.07) is 23.4. The number of carbonyl (C=O) groups excluding carboxylic acids is 12. The minimum Gasteiger partial charge on any atom is -0.344 e. The minimum absolute atomic E-state index is 0.00602. The molecule has 0 N–H and O–H groups in total. The van der Waals surface area contributed by atoms with E-state index in [1.165, 1.54) is 51.4 Å². The standard InChI is InChI=1S/C21H32N2O2.2C20H30N2O2.C20H36N2O2.2C18H30N2O2/c1-21(2,3)19(24)16-17-10-6-7-11-18(17)20(25)22(4)14-15-23-12-8-5-9-13-23;1-20(2,3)18(23)13-15-9-6-7-11-17(15)19(24)22(5)14-16-10-8-12-21(16)4;1-20(2,3)18(23)15-16-9-5-6-10-17(16)19(24)21(4)13-14-22-11-7-8-12-22;1-6-22-13-9-10-15(22)14-21(5)19(24)17-12-8-7-11-16(17)18(23)20(2,3)4;2*1-18(2,3)16(21)14-12-7-8-13(11-12)15(14)17(22)20(6)10-9-19(4)5/h6-7,10-11H,5,8-9,12-16H2,1-4H3;6-7,9,11,16H,8,10,12-14H2,1-5H3;5-6,9-10H,7-8,11-15H2,1-4H3;15-17H,6-14H2,1-5H3;2*7-8,12-15H,9-11H2,1-6H3/t;;;15-,16+,17-;2*12?,13?,14-,15+/m...010/s1. The van der Waals surface area contributed by atoms with Crippen molar-refractivity contribution in [1.29, 1.82) is 0 Å². The number of rotatable bonds is 32. The Morgan fingerprint density at radius 3 is 0.979 bits per heavy atom. The van der Waals surface area contributed by atoms with E-state index in [0.29, 0.717) is 61.1 Å². The summed E-state index contributed by atoms with van der Waals surface area (Å²) in [5.41, 5.74) is 2.14. The average molecular weight is 1950 g/mol. The summed E-state index contributed by atoms with van der Waals surface area (Å²) < 4.78 is 0. The molecule has 4 saturated heterocycles. The highest BCUT2D eigenvalue weighted by molar-refractivity contribution is 6.00. The predicted octanol–water partition coefficient (Wildman–Crippen LogP) is 16.9. The largest absolute Gasteiger partial charge is 0.344 e. The first kappa shape index (κ1) is 120. The van der Waals surface area contributed by atoms with Crippen molar-refractivity contribution in [3.05, 3.63) is 130 Å². The molecule has 24 heteroatoms. The number of hydrogen-bond donors (Lipinski definition) is 0. The van der Waals surface area contributed by atoms with Gasteiger partial charge in [-0.1, -0.05) is 230 Å². The number of fused-ring (bicyclic) bond motifs is 4. The molecular weight excluding hydrogens is 1770 g/mol. The number of likely N-dealkylation sites (tertiary alicyclic amines) is 4. The van der Waals surface area contributed by atoms with E-state index in [-0.39, 0.29) is 146 Å². The lowest BCUT2D eigenvalue weighted by molar-refractivity contribution is -0.145.